The Balaban J connectivity index is 1.70. The van der Waals surface area contributed by atoms with Gasteiger partial charge in [-0.15, -0.1) is 11.3 Å². The van der Waals surface area contributed by atoms with Crippen LogP contribution in [0.1, 0.15) is 25.3 Å². The summed E-state index contributed by atoms with van der Waals surface area (Å²) in [7, 11) is 1.56. The first-order chi connectivity index (χ1) is 13.0. The van der Waals surface area contributed by atoms with Crippen molar-refractivity contribution >= 4 is 39.5 Å². The number of carbonyl (C=O) groups excluding carboxylic acids is 2. The van der Waals surface area contributed by atoms with Crippen LogP contribution in [0, 0.1) is 11.3 Å². The van der Waals surface area contributed by atoms with E-state index in [1.807, 2.05) is 18.2 Å². The van der Waals surface area contributed by atoms with Crippen LogP contribution in [-0.2, 0) is 9.59 Å². The number of benzene rings is 1. The normalized spacial score (nSPS) is 14.6. The van der Waals surface area contributed by atoms with E-state index in [4.69, 9.17) is 10.00 Å². The predicted octanol–water partition coefficient (Wildman–Crippen LogP) is 3.19. The van der Waals surface area contributed by atoms with Crippen LogP contribution in [0.5, 0.6) is 5.75 Å². The van der Waals surface area contributed by atoms with Crippen LogP contribution >= 0.6 is 11.3 Å². The molecule has 7 nitrogen and oxygen atoms in total. The maximum absolute atomic E-state index is 12.4. The van der Waals surface area contributed by atoms with Gasteiger partial charge in [0.15, 0.2) is 0 Å². The summed E-state index contributed by atoms with van der Waals surface area (Å²) in [6.45, 7) is 2.42. The minimum atomic E-state index is -0.525. The van der Waals surface area contributed by atoms with Crippen LogP contribution in [0.25, 0.3) is 0 Å². The Hall–Kier alpha value is -3.05. The van der Waals surface area contributed by atoms with Gasteiger partial charge in [0, 0.05) is 24.7 Å². The van der Waals surface area contributed by atoms with Crippen molar-refractivity contribution in [1.82, 2.24) is 0 Å². The Kier molecular flexibility index (Phi) is 5.62. The Morgan fingerprint density at radius 3 is 2.89 bits per heavy atom. The highest BCUT2D eigenvalue weighted by atomic mass is 32.1. The van der Waals surface area contributed by atoms with Crippen molar-refractivity contribution < 1.29 is 14.3 Å². The third kappa shape index (κ3) is 4.04. The van der Waals surface area contributed by atoms with E-state index in [-0.39, 0.29) is 11.8 Å². The summed E-state index contributed by atoms with van der Waals surface area (Å²) in [5.74, 6) is 0.422. The van der Waals surface area contributed by atoms with E-state index in [9.17, 15) is 9.59 Å². The van der Waals surface area contributed by atoms with Gasteiger partial charge in [0.05, 0.1) is 18.4 Å². The number of methoxy groups -OCH3 is 1. The number of thiophene rings is 1. The van der Waals surface area contributed by atoms with Crippen molar-refractivity contribution in [2.45, 2.75) is 25.8 Å². The number of amides is 2. The summed E-state index contributed by atoms with van der Waals surface area (Å²) in [6.07, 6.45) is 1.39. The van der Waals surface area contributed by atoms with Crippen LogP contribution < -0.4 is 20.3 Å². The molecule has 2 aromatic rings. The van der Waals surface area contributed by atoms with Crippen LogP contribution in [0.4, 0.5) is 16.4 Å². The SMILES string of the molecule is COc1cc(NC(C)C(=O)Nc2sccc2C#N)ccc1N1CCCC1=O. The van der Waals surface area contributed by atoms with E-state index in [1.165, 1.54) is 11.3 Å². The molecule has 3 rings (SSSR count). The molecule has 0 spiro atoms. The molecule has 8 heteroatoms. The molecule has 1 unspecified atom stereocenters. The number of anilines is 3. The zero-order valence-corrected chi connectivity index (χ0v) is 15.9. The standard InChI is InChI=1S/C19H20N4O3S/c1-12(18(25)22-19-13(11-20)7-9-27-19)21-14-5-6-15(16(10-14)26-2)23-8-3-4-17(23)24/h5-7,9-10,12,21H,3-4,8H2,1-2H3,(H,22,25). The largest absolute Gasteiger partial charge is 0.494 e. The van der Waals surface area contributed by atoms with Crippen molar-refractivity contribution in [1.29, 1.82) is 5.26 Å². The van der Waals surface area contributed by atoms with Crippen molar-refractivity contribution in [2.24, 2.45) is 0 Å². The highest BCUT2D eigenvalue weighted by molar-refractivity contribution is 7.14. The number of nitrogens with zero attached hydrogens (tertiary/aromatic N) is 2. The van der Waals surface area contributed by atoms with Crippen molar-refractivity contribution in [3.05, 3.63) is 35.2 Å². The summed E-state index contributed by atoms with van der Waals surface area (Å²) in [4.78, 5) is 26.1. The summed E-state index contributed by atoms with van der Waals surface area (Å²) in [6, 6.07) is 8.61. The quantitative estimate of drug-likeness (QED) is 0.798. The second-order valence-corrected chi connectivity index (χ2v) is 7.08. The molecular weight excluding hydrogens is 364 g/mol. The lowest BCUT2D eigenvalue weighted by Crippen LogP contribution is -2.31. The molecule has 140 valence electrons. The summed E-state index contributed by atoms with van der Waals surface area (Å²) in [5, 5.41) is 17.2. The maximum Gasteiger partial charge on any atom is 0.247 e. The van der Waals surface area contributed by atoms with Crippen LogP contribution in [-0.4, -0.2) is 31.5 Å². The van der Waals surface area contributed by atoms with E-state index < -0.39 is 6.04 Å². The predicted molar refractivity (Wildman–Crippen MR) is 105 cm³/mol. The smallest absolute Gasteiger partial charge is 0.247 e. The maximum atomic E-state index is 12.4. The third-order valence-electron chi connectivity index (χ3n) is 4.34. The minimum Gasteiger partial charge on any atom is -0.494 e. The molecule has 1 aromatic carbocycles. The molecule has 2 amide bonds. The minimum absolute atomic E-state index is 0.0889. The fraction of sp³-hybridized carbons (Fsp3) is 0.316. The molecule has 2 N–H and O–H groups in total. The Bertz CT molecular complexity index is 903. The summed E-state index contributed by atoms with van der Waals surface area (Å²) in [5.41, 5.74) is 1.89. The van der Waals surface area contributed by atoms with Gasteiger partial charge in [0.2, 0.25) is 11.8 Å². The number of hydrogen-bond acceptors (Lipinski definition) is 6. The molecule has 1 atom stereocenters. The second kappa shape index (κ2) is 8.10. The highest BCUT2D eigenvalue weighted by Gasteiger charge is 2.25. The molecule has 0 saturated carbocycles. The van der Waals surface area contributed by atoms with E-state index in [0.717, 1.165) is 12.1 Å². The first kappa shape index (κ1) is 18.7. The number of carbonyl (C=O) groups is 2. The van der Waals surface area contributed by atoms with Gasteiger partial charge < -0.3 is 20.3 Å². The van der Waals surface area contributed by atoms with Gasteiger partial charge in [-0.1, -0.05) is 0 Å². The molecule has 1 aliphatic rings. The van der Waals surface area contributed by atoms with Gasteiger partial charge in [-0.25, -0.2) is 0 Å². The lowest BCUT2D eigenvalue weighted by Gasteiger charge is -2.21. The van der Waals surface area contributed by atoms with Crippen molar-refractivity contribution in [3.63, 3.8) is 0 Å². The van der Waals surface area contributed by atoms with Gasteiger partial charge in [0.25, 0.3) is 0 Å². The first-order valence-electron chi connectivity index (χ1n) is 8.57. The number of nitrogens with one attached hydrogen (secondary N) is 2. The van der Waals surface area contributed by atoms with Crippen LogP contribution in [0.3, 0.4) is 0 Å². The molecule has 1 saturated heterocycles. The van der Waals surface area contributed by atoms with E-state index in [1.54, 1.807) is 36.4 Å². The summed E-state index contributed by atoms with van der Waals surface area (Å²) >= 11 is 1.31. The summed E-state index contributed by atoms with van der Waals surface area (Å²) < 4.78 is 5.44. The second-order valence-electron chi connectivity index (χ2n) is 6.17. The van der Waals surface area contributed by atoms with Crippen molar-refractivity contribution in [3.8, 4) is 11.8 Å². The van der Waals surface area contributed by atoms with E-state index >= 15 is 0 Å². The lowest BCUT2D eigenvalue weighted by atomic mass is 10.2. The van der Waals surface area contributed by atoms with E-state index in [0.29, 0.717) is 35.0 Å². The monoisotopic (exact) mass is 384 g/mol. The average Bonchev–Trinajstić information content (AvgIpc) is 3.30. The molecule has 0 aliphatic carbocycles. The molecule has 1 aromatic heterocycles. The molecule has 0 bridgehead atoms. The topological polar surface area (TPSA) is 94.5 Å². The Morgan fingerprint density at radius 1 is 1.41 bits per heavy atom. The van der Waals surface area contributed by atoms with Gasteiger partial charge >= 0.3 is 0 Å². The zero-order chi connectivity index (χ0) is 19.4. The number of nitriles is 1. The number of rotatable bonds is 6. The number of hydrogen-bond donors (Lipinski definition) is 2. The molecule has 2 heterocycles. The first-order valence-corrected chi connectivity index (χ1v) is 9.45. The van der Waals surface area contributed by atoms with Crippen LogP contribution in [0.2, 0.25) is 0 Å². The zero-order valence-electron chi connectivity index (χ0n) is 15.1. The number of ether oxygens (including phenoxy) is 1. The van der Waals surface area contributed by atoms with E-state index in [2.05, 4.69) is 10.6 Å². The molecule has 27 heavy (non-hydrogen) atoms. The Morgan fingerprint density at radius 2 is 2.22 bits per heavy atom. The van der Waals surface area contributed by atoms with Crippen molar-refractivity contribution in [2.75, 3.05) is 29.2 Å². The van der Waals surface area contributed by atoms with Gasteiger partial charge in [-0.3, -0.25) is 9.59 Å². The van der Waals surface area contributed by atoms with Gasteiger partial charge in [-0.2, -0.15) is 5.26 Å². The van der Waals surface area contributed by atoms with Gasteiger partial charge in [0.1, 0.15) is 22.9 Å². The molecule has 1 aliphatic heterocycles. The van der Waals surface area contributed by atoms with Gasteiger partial charge in [-0.05, 0) is 36.9 Å². The highest BCUT2D eigenvalue weighted by Crippen LogP contribution is 2.34. The molecule has 0 radical (unpaired) electrons. The lowest BCUT2D eigenvalue weighted by molar-refractivity contribution is -0.117. The molecular formula is C19H20N4O3S. The average molecular weight is 384 g/mol. The molecule has 1 fully saturated rings. The Labute approximate surface area is 161 Å². The fourth-order valence-electron chi connectivity index (χ4n) is 2.92. The third-order valence-corrected chi connectivity index (χ3v) is 5.17. The van der Waals surface area contributed by atoms with Crippen LogP contribution in [0.15, 0.2) is 29.6 Å². The fourth-order valence-corrected chi connectivity index (χ4v) is 3.66.